The van der Waals surface area contributed by atoms with Gasteiger partial charge in [0.1, 0.15) is 5.75 Å². The fourth-order valence-corrected chi connectivity index (χ4v) is 1.59. The summed E-state index contributed by atoms with van der Waals surface area (Å²) in [6.07, 6.45) is 1.63. The monoisotopic (exact) mass is 246 g/mol. The van der Waals surface area contributed by atoms with Crippen molar-refractivity contribution in [1.82, 2.24) is 15.0 Å². The van der Waals surface area contributed by atoms with E-state index in [4.69, 9.17) is 4.74 Å². The van der Waals surface area contributed by atoms with Crippen LogP contribution in [0, 0.1) is 6.92 Å². The summed E-state index contributed by atoms with van der Waals surface area (Å²) in [5.74, 6) is 0.670. The van der Waals surface area contributed by atoms with Crippen LogP contribution in [0.2, 0.25) is 0 Å². The Kier molecular flexibility index (Phi) is 3.27. The minimum Gasteiger partial charge on any atom is -0.496 e. The molecule has 1 aromatic carbocycles. The summed E-state index contributed by atoms with van der Waals surface area (Å²) >= 11 is 0. The molecule has 0 atom stereocenters. The first-order chi connectivity index (χ1) is 8.60. The minimum absolute atomic E-state index is 0.268. The van der Waals surface area contributed by atoms with Crippen LogP contribution in [-0.4, -0.2) is 28.0 Å². The van der Waals surface area contributed by atoms with Gasteiger partial charge in [0.2, 0.25) is 0 Å². The Hall–Kier alpha value is -2.37. The molecule has 6 heteroatoms. The van der Waals surface area contributed by atoms with Crippen LogP contribution in [-0.2, 0) is 7.05 Å². The van der Waals surface area contributed by atoms with Crippen LogP contribution in [0.15, 0.2) is 24.4 Å². The van der Waals surface area contributed by atoms with Gasteiger partial charge in [-0.05, 0) is 19.1 Å². The van der Waals surface area contributed by atoms with Gasteiger partial charge in [0.15, 0.2) is 5.82 Å². The lowest BCUT2D eigenvalue weighted by Gasteiger charge is -2.08. The summed E-state index contributed by atoms with van der Waals surface area (Å²) < 4.78 is 6.68. The second-order valence-corrected chi connectivity index (χ2v) is 3.94. The predicted octanol–water partition coefficient (Wildman–Crippen LogP) is 1.38. The third-order valence-corrected chi connectivity index (χ3v) is 2.44. The highest BCUT2D eigenvalue weighted by Gasteiger charge is 2.13. The molecule has 6 nitrogen and oxygen atoms in total. The summed E-state index contributed by atoms with van der Waals surface area (Å²) in [6, 6.07) is 5.42. The van der Waals surface area contributed by atoms with Gasteiger partial charge in [0.25, 0.3) is 5.91 Å². The van der Waals surface area contributed by atoms with Crippen LogP contribution in [0.25, 0.3) is 0 Å². The third-order valence-electron chi connectivity index (χ3n) is 2.44. The standard InChI is InChI=1S/C12H14N4O2/c1-8-4-5-10(18-3)9(6-8)12(17)13-11-7-16(2)15-14-11/h4-7H,1-3H3,(H,13,17). The van der Waals surface area contributed by atoms with Crippen molar-refractivity contribution >= 4 is 11.7 Å². The van der Waals surface area contributed by atoms with Gasteiger partial charge in [-0.25, -0.2) is 0 Å². The molecule has 0 aliphatic heterocycles. The third kappa shape index (κ3) is 2.48. The zero-order valence-electron chi connectivity index (χ0n) is 10.5. The summed E-state index contributed by atoms with van der Waals surface area (Å²) in [5.41, 5.74) is 1.46. The fourth-order valence-electron chi connectivity index (χ4n) is 1.59. The number of rotatable bonds is 3. The summed E-state index contributed by atoms with van der Waals surface area (Å²) in [5, 5.41) is 10.2. The molecule has 1 amide bonds. The van der Waals surface area contributed by atoms with Gasteiger partial charge in [-0.1, -0.05) is 16.8 Å². The van der Waals surface area contributed by atoms with E-state index in [2.05, 4.69) is 15.6 Å². The van der Waals surface area contributed by atoms with Crippen molar-refractivity contribution in [3.8, 4) is 5.75 Å². The highest BCUT2D eigenvalue weighted by Crippen LogP contribution is 2.20. The van der Waals surface area contributed by atoms with Crippen LogP contribution in [0.5, 0.6) is 5.75 Å². The van der Waals surface area contributed by atoms with Gasteiger partial charge >= 0.3 is 0 Å². The molecule has 0 fully saturated rings. The maximum atomic E-state index is 12.1. The van der Waals surface area contributed by atoms with Crippen molar-refractivity contribution in [1.29, 1.82) is 0 Å². The second kappa shape index (κ2) is 4.87. The van der Waals surface area contributed by atoms with Crippen LogP contribution in [0.3, 0.4) is 0 Å². The Bertz CT molecular complexity index is 577. The largest absolute Gasteiger partial charge is 0.496 e. The minimum atomic E-state index is -0.268. The number of aryl methyl sites for hydroxylation is 2. The molecule has 1 aromatic heterocycles. The molecule has 0 radical (unpaired) electrons. The Morgan fingerprint density at radius 2 is 2.22 bits per heavy atom. The summed E-state index contributed by atoms with van der Waals surface area (Å²) in [7, 11) is 3.26. The van der Waals surface area contributed by atoms with Crippen molar-refractivity contribution in [2.45, 2.75) is 6.92 Å². The first-order valence-electron chi connectivity index (χ1n) is 5.42. The normalized spacial score (nSPS) is 10.2. The van der Waals surface area contributed by atoms with E-state index in [9.17, 15) is 4.79 Å². The second-order valence-electron chi connectivity index (χ2n) is 3.94. The van der Waals surface area contributed by atoms with E-state index in [0.717, 1.165) is 5.56 Å². The Morgan fingerprint density at radius 1 is 1.44 bits per heavy atom. The van der Waals surface area contributed by atoms with Crippen molar-refractivity contribution in [3.63, 3.8) is 0 Å². The zero-order valence-corrected chi connectivity index (χ0v) is 10.5. The number of aromatic nitrogens is 3. The van der Waals surface area contributed by atoms with E-state index in [0.29, 0.717) is 17.1 Å². The molecule has 1 heterocycles. The first-order valence-corrected chi connectivity index (χ1v) is 5.42. The number of anilines is 1. The molecule has 0 saturated carbocycles. The number of hydrogen-bond donors (Lipinski definition) is 1. The molecule has 0 aliphatic rings. The maximum absolute atomic E-state index is 12.1. The van der Waals surface area contributed by atoms with E-state index in [1.54, 1.807) is 25.4 Å². The van der Waals surface area contributed by atoms with E-state index in [1.165, 1.54) is 11.8 Å². The molecule has 0 spiro atoms. The van der Waals surface area contributed by atoms with Crippen LogP contribution in [0.1, 0.15) is 15.9 Å². The number of nitrogens with zero attached hydrogens (tertiary/aromatic N) is 3. The van der Waals surface area contributed by atoms with Crippen molar-refractivity contribution in [2.75, 3.05) is 12.4 Å². The van der Waals surface area contributed by atoms with E-state index in [1.807, 2.05) is 13.0 Å². The van der Waals surface area contributed by atoms with Gasteiger partial charge in [-0.3, -0.25) is 9.48 Å². The molecule has 2 aromatic rings. The predicted molar refractivity (Wildman–Crippen MR) is 66.7 cm³/mol. The molecule has 0 unspecified atom stereocenters. The number of carbonyl (C=O) groups is 1. The average Bonchev–Trinajstić information content (AvgIpc) is 2.74. The SMILES string of the molecule is COc1ccc(C)cc1C(=O)Nc1cn(C)nn1. The Morgan fingerprint density at radius 3 is 2.83 bits per heavy atom. The number of nitrogens with one attached hydrogen (secondary N) is 1. The van der Waals surface area contributed by atoms with Gasteiger partial charge in [-0.15, -0.1) is 5.10 Å². The molecule has 1 N–H and O–H groups in total. The molecular formula is C12H14N4O2. The van der Waals surface area contributed by atoms with Crippen molar-refractivity contribution < 1.29 is 9.53 Å². The molecule has 18 heavy (non-hydrogen) atoms. The Labute approximate surface area is 105 Å². The zero-order chi connectivity index (χ0) is 13.1. The maximum Gasteiger partial charge on any atom is 0.260 e. The molecule has 94 valence electrons. The summed E-state index contributed by atoms with van der Waals surface area (Å²) in [6.45, 7) is 1.92. The van der Waals surface area contributed by atoms with Crippen molar-refractivity contribution in [2.24, 2.45) is 7.05 Å². The van der Waals surface area contributed by atoms with Crippen molar-refractivity contribution in [3.05, 3.63) is 35.5 Å². The molecule has 0 bridgehead atoms. The number of hydrogen-bond acceptors (Lipinski definition) is 4. The van der Waals surface area contributed by atoms with E-state index in [-0.39, 0.29) is 5.91 Å². The smallest absolute Gasteiger partial charge is 0.260 e. The fraction of sp³-hybridized carbons (Fsp3) is 0.250. The average molecular weight is 246 g/mol. The van der Waals surface area contributed by atoms with Gasteiger partial charge in [-0.2, -0.15) is 0 Å². The lowest BCUT2D eigenvalue weighted by Crippen LogP contribution is -2.13. The number of benzene rings is 1. The Balaban J connectivity index is 2.25. The number of carbonyl (C=O) groups excluding carboxylic acids is 1. The van der Waals surface area contributed by atoms with Gasteiger partial charge in [0, 0.05) is 7.05 Å². The van der Waals surface area contributed by atoms with E-state index >= 15 is 0 Å². The van der Waals surface area contributed by atoms with Crippen LogP contribution < -0.4 is 10.1 Å². The highest BCUT2D eigenvalue weighted by molar-refractivity contribution is 6.05. The highest BCUT2D eigenvalue weighted by atomic mass is 16.5. The molecule has 0 saturated heterocycles. The lowest BCUT2D eigenvalue weighted by molar-refractivity contribution is 0.102. The lowest BCUT2D eigenvalue weighted by atomic mass is 10.1. The first kappa shape index (κ1) is 12.1. The van der Waals surface area contributed by atoms with Crippen LogP contribution in [0.4, 0.5) is 5.82 Å². The number of amides is 1. The van der Waals surface area contributed by atoms with Gasteiger partial charge < -0.3 is 10.1 Å². The summed E-state index contributed by atoms with van der Waals surface area (Å²) in [4.78, 5) is 12.1. The topological polar surface area (TPSA) is 69.0 Å². The molecular weight excluding hydrogens is 232 g/mol. The van der Waals surface area contributed by atoms with E-state index < -0.39 is 0 Å². The molecule has 0 aliphatic carbocycles. The number of methoxy groups -OCH3 is 1. The number of ether oxygens (including phenoxy) is 1. The molecule has 2 rings (SSSR count). The van der Waals surface area contributed by atoms with Gasteiger partial charge in [0.05, 0.1) is 18.9 Å². The quantitative estimate of drug-likeness (QED) is 0.888. The van der Waals surface area contributed by atoms with Crippen LogP contribution >= 0.6 is 0 Å².